The smallest absolute Gasteiger partial charge is 0.251 e. The Morgan fingerprint density at radius 1 is 1.38 bits per heavy atom. The third kappa shape index (κ3) is 4.24. The molecular weight excluding hydrogens is 324 g/mol. The zero-order chi connectivity index (χ0) is 16.8. The van der Waals surface area contributed by atoms with Crippen molar-refractivity contribution in [1.82, 2.24) is 10.3 Å². The van der Waals surface area contributed by atoms with Gasteiger partial charge in [-0.25, -0.2) is 4.98 Å². The zero-order valence-electron chi connectivity index (χ0n) is 13.4. The van der Waals surface area contributed by atoms with Crippen LogP contribution in [0.15, 0.2) is 35.8 Å². The molecule has 3 rings (SSSR count). The van der Waals surface area contributed by atoms with Crippen molar-refractivity contribution in [2.45, 2.75) is 18.9 Å². The molecule has 0 bridgehead atoms. The van der Waals surface area contributed by atoms with Gasteiger partial charge >= 0.3 is 0 Å². The van der Waals surface area contributed by atoms with Gasteiger partial charge < -0.3 is 20.6 Å². The molecule has 1 aliphatic rings. The standard InChI is InChI=1S/C17H22N4O2S/c22-10-6-18-16(23)13-2-1-3-15(12-13)20-14-4-8-21(9-5-14)17-19-7-11-24-17/h1-3,7,11-12,14,20,22H,4-6,8-10H2,(H,18,23). The number of benzene rings is 1. The number of amides is 1. The molecule has 0 saturated carbocycles. The Hall–Kier alpha value is -2.12. The van der Waals surface area contributed by atoms with Gasteiger partial charge in [0, 0.05) is 48.5 Å². The maximum atomic E-state index is 12.0. The van der Waals surface area contributed by atoms with Gasteiger partial charge in [0.25, 0.3) is 5.91 Å². The fourth-order valence-electron chi connectivity index (χ4n) is 2.84. The summed E-state index contributed by atoms with van der Waals surface area (Å²) in [5.41, 5.74) is 1.56. The van der Waals surface area contributed by atoms with Crippen LogP contribution in [0.5, 0.6) is 0 Å². The zero-order valence-corrected chi connectivity index (χ0v) is 14.3. The van der Waals surface area contributed by atoms with E-state index in [2.05, 4.69) is 20.5 Å². The van der Waals surface area contributed by atoms with Gasteiger partial charge in [-0.1, -0.05) is 6.07 Å². The van der Waals surface area contributed by atoms with Crippen LogP contribution in [0.4, 0.5) is 10.8 Å². The number of nitrogens with zero attached hydrogens (tertiary/aromatic N) is 2. The highest BCUT2D eigenvalue weighted by molar-refractivity contribution is 7.13. The first-order chi connectivity index (χ1) is 11.8. The normalized spacial score (nSPS) is 15.3. The Morgan fingerprint density at radius 2 is 2.21 bits per heavy atom. The van der Waals surface area contributed by atoms with Crippen molar-refractivity contribution < 1.29 is 9.90 Å². The lowest BCUT2D eigenvalue weighted by Crippen LogP contribution is -2.39. The summed E-state index contributed by atoms with van der Waals surface area (Å²) in [4.78, 5) is 18.6. The van der Waals surface area contributed by atoms with E-state index in [1.165, 1.54) is 0 Å². The van der Waals surface area contributed by atoms with Crippen molar-refractivity contribution in [1.29, 1.82) is 0 Å². The first kappa shape index (κ1) is 16.7. The van der Waals surface area contributed by atoms with Crippen LogP contribution in [0.2, 0.25) is 0 Å². The molecule has 128 valence electrons. The number of thiazole rings is 1. The Bertz CT molecular complexity index is 654. The molecule has 1 aliphatic heterocycles. The second-order valence-corrected chi connectivity index (χ2v) is 6.65. The number of aliphatic hydroxyl groups excluding tert-OH is 1. The Labute approximate surface area is 145 Å². The van der Waals surface area contributed by atoms with Gasteiger partial charge in [0.2, 0.25) is 0 Å². The fourth-order valence-corrected chi connectivity index (χ4v) is 3.54. The minimum atomic E-state index is -0.161. The van der Waals surface area contributed by atoms with E-state index in [9.17, 15) is 4.79 Å². The summed E-state index contributed by atoms with van der Waals surface area (Å²) in [5, 5.41) is 18.1. The summed E-state index contributed by atoms with van der Waals surface area (Å²) in [5.74, 6) is -0.161. The van der Waals surface area contributed by atoms with Crippen molar-refractivity contribution in [3.05, 3.63) is 41.4 Å². The highest BCUT2D eigenvalue weighted by Crippen LogP contribution is 2.24. The number of anilines is 2. The third-order valence-corrected chi connectivity index (χ3v) is 4.91. The molecule has 3 N–H and O–H groups in total. The van der Waals surface area contributed by atoms with Crippen molar-refractivity contribution >= 4 is 28.1 Å². The molecule has 7 heteroatoms. The van der Waals surface area contributed by atoms with Crippen molar-refractivity contribution in [2.24, 2.45) is 0 Å². The van der Waals surface area contributed by atoms with E-state index in [1.807, 2.05) is 29.8 Å². The maximum absolute atomic E-state index is 12.0. The molecule has 0 aliphatic carbocycles. The Kier molecular flexibility index (Phi) is 5.66. The molecule has 0 radical (unpaired) electrons. The van der Waals surface area contributed by atoms with Crippen molar-refractivity contribution in [3.8, 4) is 0 Å². The maximum Gasteiger partial charge on any atom is 0.251 e. The van der Waals surface area contributed by atoms with Gasteiger partial charge in [0.15, 0.2) is 5.13 Å². The molecule has 2 aromatic rings. The molecule has 0 spiro atoms. The molecule has 0 atom stereocenters. The van der Waals surface area contributed by atoms with Crippen molar-refractivity contribution in [2.75, 3.05) is 36.5 Å². The number of carbonyl (C=O) groups excluding carboxylic acids is 1. The number of aromatic nitrogens is 1. The lowest BCUT2D eigenvalue weighted by molar-refractivity contribution is 0.0945. The van der Waals surface area contributed by atoms with Gasteiger partial charge in [0.1, 0.15) is 0 Å². The summed E-state index contributed by atoms with van der Waals surface area (Å²) in [6.07, 6.45) is 3.93. The number of piperidine rings is 1. The van der Waals surface area contributed by atoms with Gasteiger partial charge in [-0.05, 0) is 31.0 Å². The largest absolute Gasteiger partial charge is 0.395 e. The predicted octanol–water partition coefficient (Wildman–Crippen LogP) is 1.95. The monoisotopic (exact) mass is 346 g/mol. The molecule has 0 unspecified atom stereocenters. The quantitative estimate of drug-likeness (QED) is 0.745. The van der Waals surface area contributed by atoms with Crippen LogP contribution in [0.3, 0.4) is 0 Å². The number of rotatable bonds is 6. The van der Waals surface area contributed by atoms with Crippen LogP contribution in [-0.4, -0.2) is 48.3 Å². The molecule has 1 fully saturated rings. The minimum absolute atomic E-state index is 0.0542. The highest BCUT2D eigenvalue weighted by atomic mass is 32.1. The first-order valence-corrected chi connectivity index (χ1v) is 9.04. The van der Waals surface area contributed by atoms with Crippen LogP contribution < -0.4 is 15.5 Å². The lowest BCUT2D eigenvalue weighted by Gasteiger charge is -2.32. The molecule has 24 heavy (non-hydrogen) atoms. The second-order valence-electron chi connectivity index (χ2n) is 5.78. The van der Waals surface area contributed by atoms with Crippen LogP contribution in [0.1, 0.15) is 23.2 Å². The molecule has 2 heterocycles. The molecule has 1 aromatic carbocycles. The average Bonchev–Trinajstić information content (AvgIpc) is 3.15. The second kappa shape index (κ2) is 8.12. The number of carbonyl (C=O) groups is 1. The SMILES string of the molecule is O=C(NCCO)c1cccc(NC2CCN(c3nccs3)CC2)c1. The number of nitrogens with one attached hydrogen (secondary N) is 2. The number of hydrogen-bond donors (Lipinski definition) is 3. The summed E-state index contributed by atoms with van der Waals surface area (Å²) in [6, 6.07) is 7.90. The van der Waals surface area contributed by atoms with Crippen LogP contribution in [-0.2, 0) is 0 Å². The van der Waals surface area contributed by atoms with E-state index in [4.69, 9.17) is 5.11 Å². The predicted molar refractivity (Wildman–Crippen MR) is 96.8 cm³/mol. The van der Waals surface area contributed by atoms with Crippen LogP contribution in [0, 0.1) is 0 Å². The van der Waals surface area contributed by atoms with E-state index in [1.54, 1.807) is 17.4 Å². The summed E-state index contributed by atoms with van der Waals surface area (Å²) in [7, 11) is 0. The molecule has 1 saturated heterocycles. The van der Waals surface area contributed by atoms with Crippen molar-refractivity contribution in [3.63, 3.8) is 0 Å². The van der Waals surface area contributed by atoms with E-state index in [-0.39, 0.29) is 19.1 Å². The average molecular weight is 346 g/mol. The summed E-state index contributed by atoms with van der Waals surface area (Å²) >= 11 is 1.68. The van der Waals surface area contributed by atoms with Gasteiger partial charge in [-0.2, -0.15) is 0 Å². The Morgan fingerprint density at radius 3 is 2.92 bits per heavy atom. The van der Waals surface area contributed by atoms with E-state index in [0.29, 0.717) is 11.6 Å². The first-order valence-electron chi connectivity index (χ1n) is 8.16. The minimum Gasteiger partial charge on any atom is -0.395 e. The molecule has 1 amide bonds. The van der Waals surface area contributed by atoms with Crippen LogP contribution in [0.25, 0.3) is 0 Å². The molecule has 6 nitrogen and oxygen atoms in total. The lowest BCUT2D eigenvalue weighted by atomic mass is 10.0. The summed E-state index contributed by atoms with van der Waals surface area (Å²) in [6.45, 7) is 2.19. The Balaban J connectivity index is 1.54. The fraction of sp³-hybridized carbons (Fsp3) is 0.412. The highest BCUT2D eigenvalue weighted by Gasteiger charge is 2.20. The van der Waals surface area contributed by atoms with Gasteiger partial charge in [0.05, 0.1) is 6.61 Å². The molecular formula is C17H22N4O2S. The van der Waals surface area contributed by atoms with Gasteiger partial charge in [-0.3, -0.25) is 4.79 Å². The third-order valence-electron chi connectivity index (χ3n) is 4.08. The van der Waals surface area contributed by atoms with Gasteiger partial charge in [-0.15, -0.1) is 11.3 Å². The molecule has 1 aromatic heterocycles. The van der Waals surface area contributed by atoms with E-state index < -0.39 is 0 Å². The van der Waals surface area contributed by atoms with Crippen LogP contribution >= 0.6 is 11.3 Å². The van der Waals surface area contributed by atoms with E-state index >= 15 is 0 Å². The number of aliphatic hydroxyl groups is 1. The number of hydrogen-bond acceptors (Lipinski definition) is 6. The van der Waals surface area contributed by atoms with E-state index in [0.717, 1.165) is 36.8 Å². The summed E-state index contributed by atoms with van der Waals surface area (Å²) < 4.78 is 0. The topological polar surface area (TPSA) is 77.5 Å².